The van der Waals surface area contributed by atoms with Crippen LogP contribution in [0.15, 0.2) is 86.2 Å². The number of ether oxygens (including phenoxy) is 2. The zero-order valence-electron chi connectivity index (χ0n) is 22.7. The summed E-state index contributed by atoms with van der Waals surface area (Å²) in [6, 6.07) is 15.5. The van der Waals surface area contributed by atoms with E-state index in [0.29, 0.717) is 52.0 Å². The second-order valence-corrected chi connectivity index (χ2v) is 12.0. The standard InChI is InChI=1S/C30H22BrCl2N3O6S/c1-3-41-29(38)25-16(2)34-30-35(26(25)21-6-4-5-7-23(21)33)28(37)24(43-30)13-18-12-19(32)14-22(31)27(18)42-15-17-8-10-20(11-9-17)36(39)40/h4-14,26H,3,15H2,1-2H3/b24-13-/t26-/m1/s1. The molecular formula is C30H22BrCl2N3O6S. The number of allylic oxidation sites excluding steroid dienone is 1. The van der Waals surface area contributed by atoms with Crippen LogP contribution in [0, 0.1) is 10.1 Å². The molecule has 0 unspecified atom stereocenters. The minimum absolute atomic E-state index is 0.0241. The maximum Gasteiger partial charge on any atom is 0.338 e. The molecule has 2 heterocycles. The Morgan fingerprint density at radius 3 is 2.58 bits per heavy atom. The van der Waals surface area contributed by atoms with Crippen molar-refractivity contribution in [1.82, 2.24) is 4.57 Å². The molecular weight excluding hydrogens is 681 g/mol. The smallest absolute Gasteiger partial charge is 0.338 e. The minimum atomic E-state index is -0.852. The number of benzene rings is 3. The van der Waals surface area contributed by atoms with Gasteiger partial charge in [0.2, 0.25) is 0 Å². The van der Waals surface area contributed by atoms with E-state index in [1.54, 1.807) is 68.5 Å². The molecule has 0 N–H and O–H groups in total. The lowest BCUT2D eigenvalue weighted by atomic mass is 9.96. The van der Waals surface area contributed by atoms with Crippen LogP contribution in [-0.2, 0) is 16.1 Å². The number of fused-ring (bicyclic) bond motifs is 1. The second-order valence-electron chi connectivity index (χ2n) is 9.34. The fourth-order valence-corrected chi connectivity index (χ4v) is 6.86. The largest absolute Gasteiger partial charge is 0.487 e. The molecule has 1 aliphatic heterocycles. The van der Waals surface area contributed by atoms with Crippen LogP contribution in [0.2, 0.25) is 10.0 Å². The molecule has 3 aromatic carbocycles. The lowest BCUT2D eigenvalue weighted by Gasteiger charge is -2.25. The number of rotatable bonds is 8. The zero-order chi connectivity index (χ0) is 30.8. The van der Waals surface area contributed by atoms with Crippen LogP contribution in [0.25, 0.3) is 6.08 Å². The summed E-state index contributed by atoms with van der Waals surface area (Å²) in [4.78, 5) is 42.6. The van der Waals surface area contributed by atoms with Crippen LogP contribution in [0.5, 0.6) is 5.75 Å². The van der Waals surface area contributed by atoms with E-state index in [9.17, 15) is 19.7 Å². The highest BCUT2D eigenvalue weighted by Crippen LogP contribution is 2.36. The Labute approximate surface area is 267 Å². The summed E-state index contributed by atoms with van der Waals surface area (Å²) in [5.41, 5.74) is 2.03. The number of nitrogens with zero attached hydrogens (tertiary/aromatic N) is 3. The van der Waals surface area contributed by atoms with E-state index in [1.165, 1.54) is 16.7 Å². The fraction of sp³-hybridized carbons (Fsp3) is 0.167. The lowest BCUT2D eigenvalue weighted by molar-refractivity contribution is -0.384. The molecule has 0 amide bonds. The van der Waals surface area contributed by atoms with Crippen LogP contribution in [0.1, 0.15) is 36.6 Å². The summed E-state index contributed by atoms with van der Waals surface area (Å²) < 4.78 is 13.8. The molecule has 0 bridgehead atoms. The monoisotopic (exact) mass is 701 g/mol. The first-order valence-corrected chi connectivity index (χ1v) is 15.2. The number of aromatic nitrogens is 1. The number of carbonyl (C=O) groups excluding carboxylic acids is 1. The van der Waals surface area contributed by atoms with Crippen LogP contribution in [0.3, 0.4) is 0 Å². The Kier molecular flexibility index (Phi) is 9.16. The van der Waals surface area contributed by atoms with Crippen molar-refractivity contribution < 1.29 is 19.2 Å². The number of nitro benzene ring substituents is 1. The van der Waals surface area contributed by atoms with Crippen LogP contribution in [-0.4, -0.2) is 22.1 Å². The summed E-state index contributed by atoms with van der Waals surface area (Å²) >= 11 is 17.6. The maximum absolute atomic E-state index is 14.0. The Balaban J connectivity index is 1.62. The van der Waals surface area contributed by atoms with Gasteiger partial charge in [0.1, 0.15) is 18.4 Å². The van der Waals surface area contributed by atoms with E-state index in [2.05, 4.69) is 20.9 Å². The predicted molar refractivity (Wildman–Crippen MR) is 168 cm³/mol. The quantitative estimate of drug-likeness (QED) is 0.120. The highest BCUT2D eigenvalue weighted by Gasteiger charge is 2.34. The molecule has 9 nitrogen and oxygen atoms in total. The SMILES string of the molecule is CCOC(=O)C1=C(C)N=c2s/c(=C\c3cc(Cl)cc(Br)c3OCc3ccc([N+](=O)[O-])cc3)c(=O)n2[C@@H]1c1ccccc1Cl. The van der Waals surface area contributed by atoms with E-state index in [1.807, 2.05) is 0 Å². The van der Waals surface area contributed by atoms with Gasteiger partial charge in [0.15, 0.2) is 4.80 Å². The average molecular weight is 703 g/mol. The van der Waals surface area contributed by atoms with Crippen LogP contribution >= 0.6 is 50.5 Å². The third kappa shape index (κ3) is 6.30. The van der Waals surface area contributed by atoms with Crippen molar-refractivity contribution in [3.05, 3.63) is 133 Å². The van der Waals surface area contributed by atoms with Gasteiger partial charge in [-0.2, -0.15) is 0 Å². The van der Waals surface area contributed by atoms with E-state index in [-0.39, 0.29) is 30.0 Å². The van der Waals surface area contributed by atoms with Gasteiger partial charge in [0.25, 0.3) is 11.2 Å². The van der Waals surface area contributed by atoms with Crippen molar-refractivity contribution in [3.8, 4) is 5.75 Å². The molecule has 0 saturated carbocycles. The number of non-ortho nitro benzene ring substituents is 1. The van der Waals surface area contributed by atoms with E-state index in [4.69, 9.17) is 32.7 Å². The van der Waals surface area contributed by atoms with Gasteiger partial charge in [-0.25, -0.2) is 9.79 Å². The van der Waals surface area contributed by atoms with Crippen molar-refractivity contribution in [1.29, 1.82) is 0 Å². The summed E-state index contributed by atoms with van der Waals surface area (Å²) in [5, 5.41) is 11.8. The van der Waals surface area contributed by atoms with Gasteiger partial charge in [0.05, 0.1) is 31.8 Å². The minimum Gasteiger partial charge on any atom is -0.487 e. The summed E-state index contributed by atoms with van der Waals surface area (Å²) in [6.45, 7) is 3.67. The first-order chi connectivity index (χ1) is 20.6. The molecule has 1 atom stereocenters. The third-order valence-electron chi connectivity index (χ3n) is 6.57. The van der Waals surface area contributed by atoms with Crippen LogP contribution < -0.4 is 19.6 Å². The number of hydrogen-bond donors (Lipinski definition) is 0. The first kappa shape index (κ1) is 30.7. The average Bonchev–Trinajstić information content (AvgIpc) is 3.26. The summed E-state index contributed by atoms with van der Waals surface area (Å²) in [7, 11) is 0. The molecule has 5 rings (SSSR count). The predicted octanol–water partition coefficient (Wildman–Crippen LogP) is 6.35. The lowest BCUT2D eigenvalue weighted by Crippen LogP contribution is -2.40. The maximum atomic E-state index is 14.0. The molecule has 0 aliphatic carbocycles. The summed E-state index contributed by atoms with van der Waals surface area (Å²) in [5.74, 6) is -0.164. The highest BCUT2D eigenvalue weighted by molar-refractivity contribution is 9.10. The first-order valence-electron chi connectivity index (χ1n) is 12.9. The number of esters is 1. The van der Waals surface area contributed by atoms with E-state index >= 15 is 0 Å². The Morgan fingerprint density at radius 1 is 1.19 bits per heavy atom. The van der Waals surface area contributed by atoms with Crippen molar-refractivity contribution in [2.24, 2.45) is 4.99 Å². The Hall–Kier alpha value is -3.77. The van der Waals surface area contributed by atoms with Crippen molar-refractivity contribution in [3.63, 3.8) is 0 Å². The molecule has 220 valence electrons. The van der Waals surface area contributed by atoms with Crippen molar-refractivity contribution in [2.75, 3.05) is 6.61 Å². The molecule has 0 spiro atoms. The van der Waals surface area contributed by atoms with Crippen LogP contribution in [0.4, 0.5) is 5.69 Å². The van der Waals surface area contributed by atoms with Gasteiger partial charge < -0.3 is 9.47 Å². The molecule has 43 heavy (non-hydrogen) atoms. The molecule has 1 aromatic heterocycles. The number of nitro groups is 1. The molecule has 1 aliphatic rings. The van der Waals surface area contributed by atoms with Gasteiger partial charge in [-0.1, -0.05) is 52.7 Å². The molecule has 0 saturated heterocycles. The molecule has 0 fully saturated rings. The summed E-state index contributed by atoms with van der Waals surface area (Å²) in [6.07, 6.45) is 1.65. The second kappa shape index (κ2) is 12.8. The fourth-order valence-electron chi connectivity index (χ4n) is 4.63. The topological polar surface area (TPSA) is 113 Å². The van der Waals surface area contributed by atoms with E-state index < -0.39 is 16.9 Å². The molecule has 0 radical (unpaired) electrons. The highest BCUT2D eigenvalue weighted by atomic mass is 79.9. The number of thiazole rings is 1. The van der Waals surface area contributed by atoms with E-state index in [0.717, 1.165) is 11.3 Å². The normalized spacial score (nSPS) is 14.7. The third-order valence-corrected chi connectivity index (χ3v) is 8.71. The number of hydrogen-bond acceptors (Lipinski definition) is 8. The van der Waals surface area contributed by atoms with Gasteiger partial charge in [0, 0.05) is 27.7 Å². The number of carbonyl (C=O) groups is 1. The van der Waals surface area contributed by atoms with Crippen molar-refractivity contribution >= 4 is 68.2 Å². The molecule has 4 aromatic rings. The Bertz CT molecular complexity index is 1970. The van der Waals surface area contributed by atoms with Gasteiger partial charge in [-0.3, -0.25) is 19.5 Å². The van der Waals surface area contributed by atoms with Gasteiger partial charge in [-0.15, -0.1) is 0 Å². The zero-order valence-corrected chi connectivity index (χ0v) is 26.6. The number of halogens is 3. The van der Waals surface area contributed by atoms with Gasteiger partial charge >= 0.3 is 5.97 Å². The van der Waals surface area contributed by atoms with Gasteiger partial charge in [-0.05, 0) is 77.3 Å². The molecule has 13 heteroatoms. The Morgan fingerprint density at radius 2 is 1.91 bits per heavy atom. The van der Waals surface area contributed by atoms with Crippen molar-refractivity contribution in [2.45, 2.75) is 26.5 Å².